The summed E-state index contributed by atoms with van der Waals surface area (Å²) in [5.74, 6) is -0.116. The first-order chi connectivity index (χ1) is 15.5. The summed E-state index contributed by atoms with van der Waals surface area (Å²) in [6.07, 6.45) is 2.27. The van der Waals surface area contributed by atoms with Crippen LogP contribution in [-0.2, 0) is 11.8 Å². The Morgan fingerprint density at radius 1 is 1.19 bits per heavy atom. The number of aliphatic hydroxyl groups excluding tert-OH is 1. The molecule has 4 heterocycles. The van der Waals surface area contributed by atoms with Gasteiger partial charge in [-0.15, -0.1) is 0 Å². The molecule has 2 aliphatic heterocycles. The van der Waals surface area contributed by atoms with E-state index in [0.29, 0.717) is 12.1 Å². The predicted molar refractivity (Wildman–Crippen MR) is 119 cm³/mol. The molecule has 1 atom stereocenters. The maximum atomic E-state index is 13.6. The molecule has 1 amide bonds. The van der Waals surface area contributed by atoms with Gasteiger partial charge in [0, 0.05) is 28.3 Å². The van der Waals surface area contributed by atoms with Gasteiger partial charge in [0.15, 0.2) is 0 Å². The predicted octanol–water partition coefficient (Wildman–Crippen LogP) is 3.99. The SMILES string of the molecule is CC(C)(CO)c1n[nH]c2c1C1c3ccccc3Cc3cc(ccc3-c3ccon3)N1C2=O. The number of amides is 1. The lowest BCUT2D eigenvalue weighted by atomic mass is 9.82. The minimum absolute atomic E-state index is 0.0661. The molecule has 0 saturated heterocycles. The molecule has 0 fully saturated rings. The smallest absolute Gasteiger partial charge is 0.277 e. The Labute approximate surface area is 184 Å². The second-order valence-electron chi connectivity index (χ2n) is 9.08. The summed E-state index contributed by atoms with van der Waals surface area (Å²) in [5, 5.41) is 21.6. The summed E-state index contributed by atoms with van der Waals surface area (Å²) in [6, 6.07) is 15.8. The van der Waals surface area contributed by atoms with Crippen LogP contribution in [0.5, 0.6) is 0 Å². The Hall–Kier alpha value is -3.71. The first-order valence-corrected chi connectivity index (χ1v) is 10.6. The highest BCUT2D eigenvalue weighted by molar-refractivity contribution is 6.11. The summed E-state index contributed by atoms with van der Waals surface area (Å²) in [6.45, 7) is 3.82. The number of hydrogen-bond donors (Lipinski definition) is 2. The molecule has 2 aromatic carbocycles. The third-order valence-corrected chi connectivity index (χ3v) is 6.62. The van der Waals surface area contributed by atoms with E-state index in [0.717, 1.165) is 44.9 Å². The van der Waals surface area contributed by atoms with Gasteiger partial charge in [-0.2, -0.15) is 5.10 Å². The maximum Gasteiger partial charge on any atom is 0.277 e. The first-order valence-electron chi connectivity index (χ1n) is 10.6. The Morgan fingerprint density at radius 2 is 2.03 bits per heavy atom. The molecule has 2 aliphatic rings. The third-order valence-electron chi connectivity index (χ3n) is 6.62. The van der Waals surface area contributed by atoms with Crippen LogP contribution < -0.4 is 4.90 Å². The molecule has 7 heteroatoms. The van der Waals surface area contributed by atoms with Gasteiger partial charge in [-0.1, -0.05) is 49.3 Å². The number of aromatic nitrogens is 3. The van der Waals surface area contributed by atoms with Gasteiger partial charge in [-0.25, -0.2) is 0 Å². The topological polar surface area (TPSA) is 95.2 Å². The highest BCUT2D eigenvalue weighted by atomic mass is 16.5. The molecule has 0 radical (unpaired) electrons. The second kappa shape index (κ2) is 6.64. The molecule has 0 spiro atoms. The molecule has 2 N–H and O–H groups in total. The quantitative estimate of drug-likeness (QED) is 0.517. The molecule has 2 bridgehead atoms. The van der Waals surface area contributed by atoms with Crippen LogP contribution >= 0.6 is 0 Å². The Bertz CT molecular complexity index is 1350. The average Bonchev–Trinajstić information content (AvgIpc) is 3.51. The molecule has 0 aliphatic carbocycles. The van der Waals surface area contributed by atoms with E-state index in [2.05, 4.69) is 33.6 Å². The molecule has 7 nitrogen and oxygen atoms in total. The number of aromatic amines is 1. The Morgan fingerprint density at radius 3 is 2.81 bits per heavy atom. The molecule has 2 aromatic heterocycles. The summed E-state index contributed by atoms with van der Waals surface area (Å²) in [7, 11) is 0. The van der Waals surface area contributed by atoms with E-state index < -0.39 is 5.41 Å². The zero-order chi connectivity index (χ0) is 22.0. The van der Waals surface area contributed by atoms with E-state index >= 15 is 0 Å². The van der Waals surface area contributed by atoms with E-state index in [1.165, 1.54) is 0 Å². The fourth-order valence-electron chi connectivity index (χ4n) is 4.94. The normalized spacial score (nSPS) is 16.9. The van der Waals surface area contributed by atoms with Crippen molar-refractivity contribution in [1.82, 2.24) is 15.4 Å². The monoisotopic (exact) mass is 426 g/mol. The highest BCUT2D eigenvalue weighted by Gasteiger charge is 2.46. The number of fused-ring (bicyclic) bond motifs is 8. The van der Waals surface area contributed by atoms with Crippen LogP contribution in [0.25, 0.3) is 11.3 Å². The van der Waals surface area contributed by atoms with Gasteiger partial charge in [-0.3, -0.25) is 14.8 Å². The summed E-state index contributed by atoms with van der Waals surface area (Å²) in [4.78, 5) is 15.5. The molecular formula is C25H22N4O3. The van der Waals surface area contributed by atoms with E-state index in [-0.39, 0.29) is 18.6 Å². The number of carbonyl (C=O) groups is 1. The number of anilines is 1. The van der Waals surface area contributed by atoms with Crippen LogP contribution in [0.15, 0.2) is 59.3 Å². The van der Waals surface area contributed by atoms with Gasteiger partial charge in [0.25, 0.3) is 5.91 Å². The largest absolute Gasteiger partial charge is 0.395 e. The van der Waals surface area contributed by atoms with Crippen molar-refractivity contribution in [3.05, 3.63) is 88.4 Å². The van der Waals surface area contributed by atoms with Crippen molar-refractivity contribution in [2.75, 3.05) is 11.5 Å². The summed E-state index contributed by atoms with van der Waals surface area (Å²) in [5.41, 5.74) is 7.36. The number of carbonyl (C=O) groups excluding carboxylic acids is 1. The number of rotatable bonds is 3. The molecular weight excluding hydrogens is 404 g/mol. The van der Waals surface area contributed by atoms with Crippen molar-refractivity contribution < 1.29 is 14.4 Å². The van der Waals surface area contributed by atoms with Crippen LogP contribution in [-0.4, -0.2) is 33.0 Å². The fraction of sp³-hybridized carbons (Fsp3) is 0.240. The van der Waals surface area contributed by atoms with E-state index in [4.69, 9.17) is 4.52 Å². The zero-order valence-corrected chi connectivity index (χ0v) is 17.8. The van der Waals surface area contributed by atoms with Crippen molar-refractivity contribution >= 4 is 11.6 Å². The number of nitrogens with one attached hydrogen (secondary N) is 1. The molecule has 0 saturated carbocycles. The lowest BCUT2D eigenvalue weighted by Gasteiger charge is -2.32. The fourth-order valence-corrected chi connectivity index (χ4v) is 4.94. The Balaban J connectivity index is 1.62. The lowest BCUT2D eigenvalue weighted by molar-refractivity contribution is 0.0988. The number of aliphatic hydroxyl groups is 1. The number of H-pyrrole nitrogens is 1. The van der Waals surface area contributed by atoms with Crippen molar-refractivity contribution in [2.45, 2.75) is 31.7 Å². The van der Waals surface area contributed by atoms with Crippen molar-refractivity contribution in [2.24, 2.45) is 0 Å². The second-order valence-corrected chi connectivity index (χ2v) is 9.08. The Kier molecular flexibility index (Phi) is 3.95. The van der Waals surface area contributed by atoms with E-state index in [1.54, 1.807) is 6.26 Å². The maximum absolute atomic E-state index is 13.6. The van der Waals surface area contributed by atoms with Crippen LogP contribution in [0.3, 0.4) is 0 Å². The molecule has 32 heavy (non-hydrogen) atoms. The molecule has 4 aromatic rings. The zero-order valence-electron chi connectivity index (χ0n) is 17.8. The lowest BCUT2D eigenvalue weighted by Crippen LogP contribution is -2.32. The van der Waals surface area contributed by atoms with Crippen LogP contribution in [0.4, 0.5) is 5.69 Å². The van der Waals surface area contributed by atoms with Crippen molar-refractivity contribution in [1.29, 1.82) is 0 Å². The molecule has 160 valence electrons. The van der Waals surface area contributed by atoms with Crippen LogP contribution in [0, 0.1) is 0 Å². The van der Waals surface area contributed by atoms with Gasteiger partial charge >= 0.3 is 0 Å². The first kappa shape index (κ1) is 19.0. The van der Waals surface area contributed by atoms with Crippen molar-refractivity contribution in [3.63, 3.8) is 0 Å². The number of benzene rings is 2. The highest BCUT2D eigenvalue weighted by Crippen LogP contribution is 2.48. The summed E-state index contributed by atoms with van der Waals surface area (Å²) < 4.78 is 5.07. The number of hydrogen-bond acceptors (Lipinski definition) is 5. The molecule has 6 rings (SSSR count). The van der Waals surface area contributed by atoms with E-state index in [9.17, 15) is 9.90 Å². The van der Waals surface area contributed by atoms with Crippen LogP contribution in [0.1, 0.15) is 58.3 Å². The third kappa shape index (κ3) is 2.54. The van der Waals surface area contributed by atoms with Gasteiger partial charge in [0.1, 0.15) is 17.7 Å². The standard InChI is InChI=1S/C25H22N4O3/c1-25(2,13-30)23-20-21(26-27-23)24(31)29-16-7-8-17(19-9-10-32-28-19)15(12-16)11-14-5-3-4-6-18(14)22(20)29/h3-10,12,22,30H,11,13H2,1-2H3,(H,26,27). The molecule has 1 unspecified atom stereocenters. The minimum Gasteiger partial charge on any atom is -0.395 e. The van der Waals surface area contributed by atoms with Crippen LogP contribution in [0.2, 0.25) is 0 Å². The van der Waals surface area contributed by atoms with E-state index in [1.807, 2.05) is 49.1 Å². The minimum atomic E-state index is -0.584. The van der Waals surface area contributed by atoms with Gasteiger partial charge in [0.2, 0.25) is 0 Å². The van der Waals surface area contributed by atoms with Gasteiger partial charge in [0.05, 0.1) is 18.3 Å². The van der Waals surface area contributed by atoms with Gasteiger partial charge in [-0.05, 0) is 35.2 Å². The number of nitrogens with zero attached hydrogens (tertiary/aromatic N) is 3. The van der Waals surface area contributed by atoms with Gasteiger partial charge < -0.3 is 9.63 Å². The average molecular weight is 426 g/mol. The summed E-state index contributed by atoms with van der Waals surface area (Å²) >= 11 is 0. The van der Waals surface area contributed by atoms with Crippen molar-refractivity contribution in [3.8, 4) is 11.3 Å².